The van der Waals surface area contributed by atoms with Gasteiger partial charge in [-0.05, 0) is 42.5 Å². The summed E-state index contributed by atoms with van der Waals surface area (Å²) in [4.78, 5) is 18.2. The second-order valence-electron chi connectivity index (χ2n) is 5.83. The van der Waals surface area contributed by atoms with E-state index in [1.165, 1.54) is 29.3 Å². The molecule has 4 nitrogen and oxygen atoms in total. The number of carbonyl (C=O) groups excluding carboxylic acids is 1. The number of hydrogen-bond acceptors (Lipinski definition) is 3. The van der Waals surface area contributed by atoms with Crippen LogP contribution >= 0.6 is 0 Å². The number of nitrogens with one attached hydrogen (secondary N) is 1. The summed E-state index contributed by atoms with van der Waals surface area (Å²) in [6.07, 6.45) is -3.00. The number of benzene rings is 2. The van der Waals surface area contributed by atoms with Crippen molar-refractivity contribution in [2.24, 2.45) is 0 Å². The first-order valence-corrected chi connectivity index (χ1v) is 8.08. The highest BCUT2D eigenvalue weighted by molar-refractivity contribution is 6.06. The number of para-hydroxylation sites is 1. The van der Waals surface area contributed by atoms with Gasteiger partial charge in [0.1, 0.15) is 5.82 Å². The van der Waals surface area contributed by atoms with Gasteiger partial charge in [-0.15, -0.1) is 0 Å². The Hall–Kier alpha value is -3.35. The first-order chi connectivity index (χ1) is 12.8. The van der Waals surface area contributed by atoms with Crippen LogP contribution in [0.25, 0.3) is 0 Å². The van der Waals surface area contributed by atoms with Crippen LogP contribution in [0.5, 0.6) is 0 Å². The van der Waals surface area contributed by atoms with E-state index in [-0.39, 0.29) is 17.4 Å². The zero-order valence-electron chi connectivity index (χ0n) is 14.4. The molecule has 2 aromatic carbocycles. The zero-order valence-corrected chi connectivity index (χ0v) is 14.4. The van der Waals surface area contributed by atoms with E-state index in [9.17, 15) is 18.0 Å². The molecule has 0 saturated heterocycles. The monoisotopic (exact) mass is 371 g/mol. The van der Waals surface area contributed by atoms with Crippen LogP contribution in [0.2, 0.25) is 0 Å². The smallest absolute Gasteiger partial charge is 0.340 e. The average molecular weight is 371 g/mol. The molecule has 138 valence electrons. The molecular weight excluding hydrogens is 355 g/mol. The number of anilines is 3. The maximum absolute atomic E-state index is 12.8. The minimum Gasteiger partial charge on any atom is -0.340 e. The van der Waals surface area contributed by atoms with Gasteiger partial charge in [0.15, 0.2) is 0 Å². The Kier molecular flexibility index (Phi) is 5.12. The quantitative estimate of drug-likeness (QED) is 0.692. The van der Waals surface area contributed by atoms with E-state index in [1.807, 2.05) is 18.2 Å². The highest BCUT2D eigenvalue weighted by Gasteiger charge is 2.30. The number of alkyl halides is 3. The number of hydrogen-bond donors (Lipinski definition) is 1. The highest BCUT2D eigenvalue weighted by Crippen LogP contribution is 2.31. The van der Waals surface area contributed by atoms with Gasteiger partial charge in [0.05, 0.1) is 5.56 Å². The number of halogens is 3. The molecule has 0 aliphatic heterocycles. The molecule has 0 aliphatic rings. The van der Waals surface area contributed by atoms with Crippen LogP contribution < -0.4 is 10.2 Å². The molecule has 0 fully saturated rings. The standard InChI is InChI=1S/C20H16F3N3O/c1-26(17-8-3-2-4-9-17)19(27)14-10-11-24-18(12-14)25-16-7-5-6-15(13-16)20(21,22)23/h2-13H,1H3,(H,24,25). The van der Waals surface area contributed by atoms with Gasteiger partial charge in [0, 0.05) is 30.2 Å². The lowest BCUT2D eigenvalue weighted by molar-refractivity contribution is -0.137. The Labute approximate surface area is 154 Å². The van der Waals surface area contributed by atoms with Crippen molar-refractivity contribution in [2.45, 2.75) is 6.18 Å². The van der Waals surface area contributed by atoms with E-state index in [0.29, 0.717) is 5.56 Å². The molecule has 3 aromatic rings. The van der Waals surface area contributed by atoms with Crippen LogP contribution in [0, 0.1) is 0 Å². The molecular formula is C20H16F3N3O. The summed E-state index contributed by atoms with van der Waals surface area (Å²) >= 11 is 0. The van der Waals surface area contributed by atoms with E-state index >= 15 is 0 Å². The van der Waals surface area contributed by atoms with Crippen molar-refractivity contribution in [1.82, 2.24) is 4.98 Å². The summed E-state index contributed by atoms with van der Waals surface area (Å²) in [7, 11) is 1.65. The van der Waals surface area contributed by atoms with Gasteiger partial charge in [-0.3, -0.25) is 4.79 Å². The Morgan fingerprint density at radius 3 is 2.44 bits per heavy atom. The molecule has 1 N–H and O–H groups in total. The normalized spacial score (nSPS) is 11.1. The molecule has 0 aliphatic carbocycles. The molecule has 1 aromatic heterocycles. The molecule has 0 radical (unpaired) electrons. The molecule has 27 heavy (non-hydrogen) atoms. The van der Waals surface area contributed by atoms with Crippen molar-refractivity contribution >= 4 is 23.1 Å². The predicted octanol–water partition coefficient (Wildman–Crippen LogP) is 5.12. The van der Waals surface area contributed by atoms with Crippen LogP contribution in [-0.2, 0) is 6.18 Å². The second-order valence-corrected chi connectivity index (χ2v) is 5.83. The zero-order chi connectivity index (χ0) is 19.4. The lowest BCUT2D eigenvalue weighted by Gasteiger charge is -2.17. The molecule has 0 atom stereocenters. The van der Waals surface area contributed by atoms with Crippen LogP contribution in [-0.4, -0.2) is 17.9 Å². The molecule has 0 unspecified atom stereocenters. The van der Waals surface area contributed by atoms with E-state index in [4.69, 9.17) is 0 Å². The van der Waals surface area contributed by atoms with Gasteiger partial charge in [0.2, 0.25) is 0 Å². The highest BCUT2D eigenvalue weighted by atomic mass is 19.4. The van der Waals surface area contributed by atoms with Gasteiger partial charge in [-0.1, -0.05) is 24.3 Å². The molecule has 1 heterocycles. The van der Waals surface area contributed by atoms with Crippen molar-refractivity contribution in [1.29, 1.82) is 0 Å². The third kappa shape index (κ3) is 4.44. The van der Waals surface area contributed by atoms with Gasteiger partial charge in [-0.25, -0.2) is 4.98 Å². The Morgan fingerprint density at radius 1 is 1.00 bits per heavy atom. The number of nitrogens with zero attached hydrogens (tertiary/aromatic N) is 2. The Bertz CT molecular complexity index is 942. The maximum Gasteiger partial charge on any atom is 0.416 e. The Balaban J connectivity index is 1.81. The number of aromatic nitrogens is 1. The van der Waals surface area contributed by atoms with E-state index < -0.39 is 11.7 Å². The number of pyridine rings is 1. The predicted molar refractivity (Wildman–Crippen MR) is 98.1 cm³/mol. The second kappa shape index (κ2) is 7.49. The molecule has 0 bridgehead atoms. The minimum absolute atomic E-state index is 0.235. The van der Waals surface area contributed by atoms with Crippen molar-refractivity contribution in [3.8, 4) is 0 Å². The van der Waals surface area contributed by atoms with Gasteiger partial charge in [0.25, 0.3) is 5.91 Å². The van der Waals surface area contributed by atoms with Crippen LogP contribution in [0.15, 0.2) is 72.9 Å². The van der Waals surface area contributed by atoms with E-state index in [0.717, 1.165) is 17.8 Å². The van der Waals surface area contributed by atoms with E-state index in [1.54, 1.807) is 25.2 Å². The van der Waals surface area contributed by atoms with Crippen LogP contribution in [0.3, 0.4) is 0 Å². The molecule has 0 saturated carbocycles. The molecule has 3 rings (SSSR count). The van der Waals surface area contributed by atoms with Crippen molar-refractivity contribution in [3.05, 3.63) is 84.1 Å². The van der Waals surface area contributed by atoms with E-state index in [2.05, 4.69) is 10.3 Å². The lowest BCUT2D eigenvalue weighted by atomic mass is 10.2. The largest absolute Gasteiger partial charge is 0.416 e. The summed E-state index contributed by atoms with van der Waals surface area (Å²) < 4.78 is 38.5. The third-order valence-electron chi connectivity index (χ3n) is 3.92. The first-order valence-electron chi connectivity index (χ1n) is 8.08. The summed E-state index contributed by atoms with van der Waals surface area (Å²) in [5, 5.41) is 2.81. The molecule has 0 spiro atoms. The van der Waals surface area contributed by atoms with Crippen molar-refractivity contribution in [2.75, 3.05) is 17.3 Å². The van der Waals surface area contributed by atoms with Gasteiger partial charge >= 0.3 is 6.18 Å². The average Bonchev–Trinajstić information content (AvgIpc) is 2.67. The summed E-state index contributed by atoms with van der Waals surface area (Å²) in [6.45, 7) is 0. The number of rotatable bonds is 4. The summed E-state index contributed by atoms with van der Waals surface area (Å²) in [5.41, 5.74) is 0.569. The Morgan fingerprint density at radius 2 is 1.74 bits per heavy atom. The first kappa shape index (κ1) is 18.4. The number of carbonyl (C=O) groups is 1. The third-order valence-corrected chi connectivity index (χ3v) is 3.92. The summed E-state index contributed by atoms with van der Waals surface area (Å²) in [5.74, 6) is 0.0253. The van der Waals surface area contributed by atoms with Crippen molar-refractivity contribution in [3.63, 3.8) is 0 Å². The number of amides is 1. The fraction of sp³-hybridized carbons (Fsp3) is 0.100. The van der Waals surface area contributed by atoms with Gasteiger partial charge < -0.3 is 10.2 Å². The SMILES string of the molecule is CN(C(=O)c1ccnc(Nc2cccc(C(F)(F)F)c2)c1)c1ccccc1. The molecule has 7 heteroatoms. The van der Waals surface area contributed by atoms with Crippen LogP contribution in [0.1, 0.15) is 15.9 Å². The van der Waals surface area contributed by atoms with Gasteiger partial charge in [-0.2, -0.15) is 13.2 Å². The minimum atomic E-state index is -4.43. The van der Waals surface area contributed by atoms with Crippen molar-refractivity contribution < 1.29 is 18.0 Å². The topological polar surface area (TPSA) is 45.2 Å². The van der Waals surface area contributed by atoms with Crippen LogP contribution in [0.4, 0.5) is 30.4 Å². The fourth-order valence-electron chi connectivity index (χ4n) is 2.52. The fourth-order valence-corrected chi connectivity index (χ4v) is 2.52. The lowest BCUT2D eigenvalue weighted by Crippen LogP contribution is -2.26. The molecule has 1 amide bonds. The summed E-state index contributed by atoms with van der Waals surface area (Å²) in [6, 6.07) is 17.0. The maximum atomic E-state index is 12.8.